The highest BCUT2D eigenvalue weighted by Gasteiger charge is 2.39. The largest absolute Gasteiger partial charge is 0.507 e. The van der Waals surface area contributed by atoms with Crippen LogP contribution in [0.2, 0.25) is 0 Å². The Morgan fingerprint density at radius 1 is 1.00 bits per heavy atom. The summed E-state index contributed by atoms with van der Waals surface area (Å²) in [6, 6.07) is 9.30. The van der Waals surface area contributed by atoms with Crippen molar-refractivity contribution in [3.8, 4) is 28.1 Å². The second-order valence-electron chi connectivity index (χ2n) is 9.67. The highest BCUT2D eigenvalue weighted by atomic mass is 35.5. The third-order valence-corrected chi connectivity index (χ3v) is 5.86. The number of aromatic nitrogens is 5. The van der Waals surface area contributed by atoms with Gasteiger partial charge in [0.05, 0.1) is 24.3 Å². The maximum Gasteiger partial charge on any atom is 0.201 e. The van der Waals surface area contributed by atoms with Crippen molar-refractivity contribution < 1.29 is 9.52 Å². The van der Waals surface area contributed by atoms with Gasteiger partial charge in [0.1, 0.15) is 11.3 Å². The Bertz CT molecular complexity index is 1230. The van der Waals surface area contributed by atoms with Gasteiger partial charge in [-0.05, 0) is 70.4 Å². The number of aromatic hydroxyl groups is 1. The summed E-state index contributed by atoms with van der Waals surface area (Å²) >= 11 is 0. The van der Waals surface area contributed by atoms with Crippen molar-refractivity contribution in [2.24, 2.45) is 0 Å². The van der Waals surface area contributed by atoms with E-state index in [2.05, 4.69) is 53.5 Å². The van der Waals surface area contributed by atoms with Crippen molar-refractivity contribution in [3.05, 3.63) is 42.9 Å². The molecular formula is C23H27ClN6O2. The van der Waals surface area contributed by atoms with E-state index in [-0.39, 0.29) is 35.3 Å². The van der Waals surface area contributed by atoms with Crippen LogP contribution < -0.4 is 5.32 Å². The summed E-state index contributed by atoms with van der Waals surface area (Å²) in [5.41, 5.74) is 4.22. The molecule has 0 amide bonds. The minimum absolute atomic E-state index is 0. The zero-order valence-corrected chi connectivity index (χ0v) is 19.3. The summed E-state index contributed by atoms with van der Waals surface area (Å²) in [6.07, 6.45) is 5.10. The van der Waals surface area contributed by atoms with Gasteiger partial charge in [0, 0.05) is 22.2 Å². The van der Waals surface area contributed by atoms with Crippen molar-refractivity contribution in [2.45, 2.75) is 57.7 Å². The van der Waals surface area contributed by atoms with E-state index in [0.717, 1.165) is 24.0 Å². The Hall–Kier alpha value is -2.97. The molecule has 1 fully saturated rings. The van der Waals surface area contributed by atoms with Gasteiger partial charge in [0.15, 0.2) is 0 Å². The number of halogens is 1. The van der Waals surface area contributed by atoms with Crippen LogP contribution in [0.4, 0.5) is 0 Å². The van der Waals surface area contributed by atoms with Crippen molar-refractivity contribution >= 4 is 23.6 Å². The molecule has 4 heterocycles. The van der Waals surface area contributed by atoms with Crippen LogP contribution >= 0.6 is 12.4 Å². The number of nitrogens with one attached hydrogen (secondary N) is 1. The average Bonchev–Trinajstić information content (AvgIpc) is 3.35. The van der Waals surface area contributed by atoms with Crippen LogP contribution in [0, 0.1) is 0 Å². The summed E-state index contributed by atoms with van der Waals surface area (Å²) in [5, 5.41) is 31.9. The van der Waals surface area contributed by atoms with Crippen LogP contribution in [-0.4, -0.2) is 41.4 Å². The SMILES string of the molecule is CC1(C)CC(n2nnc3cc(-c4ccc(-c5ccoc5)cc4O)nnc32)CC(C)(C)N1.Cl. The number of nitrogens with zero attached hydrogens (tertiary/aromatic N) is 5. The molecule has 0 unspecified atom stereocenters. The smallest absolute Gasteiger partial charge is 0.201 e. The Labute approximate surface area is 192 Å². The Balaban J connectivity index is 0.00000245. The molecule has 0 spiro atoms. The first-order valence-corrected chi connectivity index (χ1v) is 10.4. The number of hydrogen-bond donors (Lipinski definition) is 2. The minimum atomic E-state index is -0.0133. The number of hydrogen-bond acceptors (Lipinski definition) is 7. The minimum Gasteiger partial charge on any atom is -0.507 e. The summed E-state index contributed by atoms with van der Waals surface area (Å²) in [4.78, 5) is 0. The molecule has 32 heavy (non-hydrogen) atoms. The summed E-state index contributed by atoms with van der Waals surface area (Å²) in [7, 11) is 0. The van der Waals surface area contributed by atoms with E-state index in [4.69, 9.17) is 4.42 Å². The van der Waals surface area contributed by atoms with Gasteiger partial charge in [-0.15, -0.1) is 27.7 Å². The van der Waals surface area contributed by atoms with Gasteiger partial charge < -0.3 is 14.8 Å². The number of rotatable bonds is 3. The maximum absolute atomic E-state index is 10.6. The molecule has 0 saturated carbocycles. The molecule has 1 aliphatic heterocycles. The van der Waals surface area contributed by atoms with Gasteiger partial charge in [-0.25, -0.2) is 4.68 Å². The zero-order valence-electron chi connectivity index (χ0n) is 18.5. The topological polar surface area (TPSA) is 102 Å². The normalized spacial score (nSPS) is 17.9. The highest BCUT2D eigenvalue weighted by molar-refractivity contribution is 5.85. The van der Waals surface area contributed by atoms with E-state index in [1.165, 1.54) is 0 Å². The van der Waals surface area contributed by atoms with Gasteiger partial charge in [0.25, 0.3) is 0 Å². The number of piperidine rings is 1. The molecule has 3 aromatic heterocycles. The lowest BCUT2D eigenvalue weighted by molar-refractivity contribution is 0.127. The second-order valence-corrected chi connectivity index (χ2v) is 9.67. The van der Waals surface area contributed by atoms with Crippen LogP contribution in [-0.2, 0) is 0 Å². The van der Waals surface area contributed by atoms with Crippen LogP contribution in [0.15, 0.2) is 47.3 Å². The van der Waals surface area contributed by atoms with E-state index < -0.39 is 0 Å². The van der Waals surface area contributed by atoms with E-state index in [1.54, 1.807) is 18.6 Å². The summed E-state index contributed by atoms with van der Waals surface area (Å²) in [6.45, 7) is 8.83. The first-order valence-electron chi connectivity index (χ1n) is 10.4. The lowest BCUT2D eigenvalue weighted by Gasteiger charge is -2.46. The van der Waals surface area contributed by atoms with Gasteiger partial charge >= 0.3 is 0 Å². The van der Waals surface area contributed by atoms with Gasteiger partial charge in [-0.2, -0.15) is 0 Å². The zero-order chi connectivity index (χ0) is 21.8. The van der Waals surface area contributed by atoms with Crippen molar-refractivity contribution in [1.29, 1.82) is 0 Å². The third kappa shape index (κ3) is 4.08. The van der Waals surface area contributed by atoms with Crippen molar-refractivity contribution in [3.63, 3.8) is 0 Å². The number of phenols is 1. The molecule has 0 bridgehead atoms. The molecule has 9 heteroatoms. The van der Waals surface area contributed by atoms with Gasteiger partial charge in [-0.3, -0.25) is 0 Å². The lowest BCUT2D eigenvalue weighted by Crippen LogP contribution is -2.58. The Kier molecular flexibility index (Phi) is 5.46. The predicted octanol–water partition coefficient (Wildman–Crippen LogP) is 4.76. The molecule has 0 radical (unpaired) electrons. The van der Waals surface area contributed by atoms with Crippen LogP contribution in [0.1, 0.15) is 46.6 Å². The van der Waals surface area contributed by atoms with Gasteiger partial charge in [-0.1, -0.05) is 11.3 Å². The third-order valence-electron chi connectivity index (χ3n) is 5.86. The Morgan fingerprint density at radius 3 is 2.41 bits per heavy atom. The first kappa shape index (κ1) is 22.2. The fraction of sp³-hybridized carbons (Fsp3) is 0.391. The van der Waals surface area contributed by atoms with E-state index >= 15 is 0 Å². The molecule has 8 nitrogen and oxygen atoms in total. The van der Waals surface area contributed by atoms with Crippen LogP contribution in [0.25, 0.3) is 33.5 Å². The molecule has 4 aromatic rings. The fourth-order valence-electron chi connectivity index (χ4n) is 4.93. The number of benzene rings is 1. The molecule has 5 rings (SSSR count). The number of phenolic OH excluding ortho intramolecular Hbond substituents is 1. The predicted molar refractivity (Wildman–Crippen MR) is 125 cm³/mol. The van der Waals surface area contributed by atoms with Crippen molar-refractivity contribution in [2.75, 3.05) is 0 Å². The number of furan rings is 1. The quantitative estimate of drug-likeness (QED) is 0.460. The summed E-state index contributed by atoms with van der Waals surface area (Å²) in [5.74, 6) is 0.126. The average molecular weight is 455 g/mol. The molecule has 0 atom stereocenters. The maximum atomic E-state index is 10.6. The monoisotopic (exact) mass is 454 g/mol. The van der Waals surface area contributed by atoms with Crippen molar-refractivity contribution in [1.82, 2.24) is 30.5 Å². The molecule has 168 valence electrons. The van der Waals surface area contributed by atoms with Crippen LogP contribution in [0.5, 0.6) is 5.75 Å². The molecule has 1 saturated heterocycles. The van der Waals surface area contributed by atoms with Gasteiger partial charge in [0.2, 0.25) is 5.65 Å². The van der Waals surface area contributed by atoms with E-state index in [9.17, 15) is 5.11 Å². The molecular weight excluding hydrogens is 428 g/mol. The molecule has 1 aromatic carbocycles. The lowest BCUT2D eigenvalue weighted by atomic mass is 9.80. The standard InChI is InChI=1S/C23H26N6O2.ClH/c1-22(2)11-16(12-23(3,4)27-22)29-21-19(25-28-29)10-18(24-26-21)17-6-5-14(9-20(17)30)15-7-8-31-13-15;/h5-10,13,16,27,30H,11-12H2,1-4H3;1H. The van der Waals surface area contributed by atoms with E-state index in [1.807, 2.05) is 28.9 Å². The summed E-state index contributed by atoms with van der Waals surface area (Å²) < 4.78 is 7.03. The number of fused-ring (bicyclic) bond motifs is 1. The second kappa shape index (κ2) is 7.86. The highest BCUT2D eigenvalue weighted by Crippen LogP contribution is 2.37. The fourth-order valence-corrected chi connectivity index (χ4v) is 4.93. The molecule has 0 aliphatic carbocycles. The molecule has 1 aliphatic rings. The molecule has 2 N–H and O–H groups in total. The van der Waals surface area contributed by atoms with Crippen LogP contribution in [0.3, 0.4) is 0 Å². The first-order chi connectivity index (χ1) is 14.7. The Morgan fingerprint density at radius 2 is 1.75 bits per heavy atom. The van der Waals surface area contributed by atoms with E-state index in [0.29, 0.717) is 22.4 Å².